The number of rotatable bonds is 4. The zero-order chi connectivity index (χ0) is 21.5. The van der Waals surface area contributed by atoms with Crippen molar-refractivity contribution in [2.45, 2.75) is 19.4 Å². The summed E-state index contributed by atoms with van der Waals surface area (Å²) in [4.78, 5) is 28.1. The van der Waals surface area contributed by atoms with E-state index in [-0.39, 0.29) is 11.9 Å². The summed E-state index contributed by atoms with van der Waals surface area (Å²) >= 11 is 0. The molecule has 8 nitrogen and oxygen atoms in total. The van der Waals surface area contributed by atoms with Gasteiger partial charge in [-0.15, -0.1) is 0 Å². The fraction of sp³-hybridized carbons (Fsp3) is 0.217. The van der Waals surface area contributed by atoms with Crippen molar-refractivity contribution in [3.63, 3.8) is 0 Å². The average Bonchev–Trinajstić information content (AvgIpc) is 3.51. The molecular formula is C23H22N6O2. The Balaban J connectivity index is 1.55. The highest BCUT2D eigenvalue weighted by Crippen LogP contribution is 2.35. The van der Waals surface area contributed by atoms with E-state index in [0.29, 0.717) is 24.3 Å². The molecule has 1 atom stereocenters. The van der Waals surface area contributed by atoms with Crippen LogP contribution in [0.3, 0.4) is 0 Å². The lowest BCUT2D eigenvalue weighted by Gasteiger charge is -2.23. The van der Waals surface area contributed by atoms with E-state index in [0.717, 1.165) is 33.9 Å². The summed E-state index contributed by atoms with van der Waals surface area (Å²) in [5, 5.41) is 4.28. The summed E-state index contributed by atoms with van der Waals surface area (Å²) in [7, 11) is 1.63. The Labute approximate surface area is 179 Å². The highest BCUT2D eigenvalue weighted by Gasteiger charge is 2.36. The van der Waals surface area contributed by atoms with Crippen molar-refractivity contribution in [3.05, 3.63) is 78.2 Å². The van der Waals surface area contributed by atoms with Crippen molar-refractivity contribution >= 4 is 16.9 Å². The Hall–Kier alpha value is -3.94. The van der Waals surface area contributed by atoms with Crippen LogP contribution >= 0.6 is 0 Å². The average molecular weight is 414 g/mol. The number of imidazole rings is 1. The van der Waals surface area contributed by atoms with Gasteiger partial charge in [-0.2, -0.15) is 5.10 Å². The van der Waals surface area contributed by atoms with Crippen molar-refractivity contribution < 1.29 is 9.53 Å². The van der Waals surface area contributed by atoms with Gasteiger partial charge in [0, 0.05) is 30.7 Å². The van der Waals surface area contributed by atoms with Gasteiger partial charge in [-0.3, -0.25) is 4.79 Å². The first kappa shape index (κ1) is 19.0. The molecule has 1 aromatic carbocycles. The first-order valence-electron chi connectivity index (χ1n) is 10.0. The zero-order valence-electron chi connectivity index (χ0n) is 17.4. The molecule has 8 heteroatoms. The van der Waals surface area contributed by atoms with Gasteiger partial charge in [0.1, 0.15) is 11.6 Å². The van der Waals surface area contributed by atoms with Crippen LogP contribution in [-0.4, -0.2) is 49.2 Å². The van der Waals surface area contributed by atoms with Crippen LogP contribution in [0, 0.1) is 6.92 Å². The lowest BCUT2D eigenvalue weighted by atomic mass is 10.1. The second-order valence-electron chi connectivity index (χ2n) is 7.68. The molecule has 1 fully saturated rings. The Morgan fingerprint density at radius 2 is 2.13 bits per heavy atom. The van der Waals surface area contributed by atoms with Gasteiger partial charge in [-0.25, -0.2) is 14.6 Å². The number of nitrogens with one attached hydrogen (secondary N) is 1. The standard InChI is InChI=1S/C23H22N6O2/c1-14-11-20(22-26-17-7-6-16(31-3)12-18(17)27-22)28(13-14)23(30)21-19(8-5-15(2)25-21)29-10-4-9-24-29/h4-10,12,20H,1,11,13H2,2-3H3,(H,26,27)/t20-/m0/s1. The summed E-state index contributed by atoms with van der Waals surface area (Å²) in [6, 6.07) is 11.0. The van der Waals surface area contributed by atoms with Crippen LogP contribution in [0.1, 0.15) is 34.5 Å². The van der Waals surface area contributed by atoms with E-state index in [1.165, 1.54) is 0 Å². The number of ether oxygens (including phenoxy) is 1. The lowest BCUT2D eigenvalue weighted by Crippen LogP contribution is -2.33. The monoisotopic (exact) mass is 414 g/mol. The largest absolute Gasteiger partial charge is 0.497 e. The van der Waals surface area contributed by atoms with Crippen molar-refractivity contribution in [3.8, 4) is 11.4 Å². The van der Waals surface area contributed by atoms with Crippen LogP contribution in [0.25, 0.3) is 16.7 Å². The molecule has 31 heavy (non-hydrogen) atoms. The number of H-pyrrole nitrogens is 1. The van der Waals surface area contributed by atoms with Crippen molar-refractivity contribution in [2.24, 2.45) is 0 Å². The molecule has 0 spiro atoms. The number of fused-ring (bicyclic) bond motifs is 1. The van der Waals surface area contributed by atoms with Crippen LogP contribution in [-0.2, 0) is 0 Å². The van der Waals surface area contributed by atoms with Gasteiger partial charge < -0.3 is 14.6 Å². The number of aromatic amines is 1. The molecule has 5 rings (SSSR count). The van der Waals surface area contributed by atoms with E-state index in [1.54, 1.807) is 29.1 Å². The molecule has 0 bridgehead atoms. The molecule has 0 saturated carbocycles. The second kappa shape index (κ2) is 7.39. The second-order valence-corrected chi connectivity index (χ2v) is 7.68. The molecular weight excluding hydrogens is 392 g/mol. The van der Waals surface area contributed by atoms with Crippen LogP contribution < -0.4 is 4.74 Å². The normalized spacial score (nSPS) is 16.3. The molecule has 0 unspecified atom stereocenters. The van der Waals surface area contributed by atoms with Crippen LogP contribution in [0.2, 0.25) is 0 Å². The maximum atomic E-state index is 13.7. The van der Waals surface area contributed by atoms with Gasteiger partial charge in [0.05, 0.1) is 29.9 Å². The SMILES string of the molecule is C=C1C[C@@H](c2nc3ccc(OC)cc3[nH]2)N(C(=O)c2nc(C)ccc2-n2cccn2)C1. The fourth-order valence-electron chi connectivity index (χ4n) is 3.99. The predicted octanol–water partition coefficient (Wildman–Crippen LogP) is 3.60. The Kier molecular flexibility index (Phi) is 4.54. The van der Waals surface area contributed by atoms with E-state index < -0.39 is 0 Å². The van der Waals surface area contributed by atoms with Gasteiger partial charge in [-0.1, -0.05) is 12.2 Å². The lowest BCUT2D eigenvalue weighted by molar-refractivity contribution is 0.0726. The number of nitrogens with zero attached hydrogens (tertiary/aromatic N) is 5. The number of carbonyl (C=O) groups is 1. The smallest absolute Gasteiger partial charge is 0.275 e. The number of benzene rings is 1. The number of carbonyl (C=O) groups excluding carboxylic acids is 1. The van der Waals surface area contributed by atoms with E-state index in [2.05, 4.69) is 21.6 Å². The number of aromatic nitrogens is 5. The Morgan fingerprint density at radius 1 is 1.26 bits per heavy atom. The third kappa shape index (κ3) is 3.35. The van der Waals surface area contributed by atoms with Gasteiger partial charge in [0.25, 0.3) is 5.91 Å². The minimum absolute atomic E-state index is 0.170. The van der Waals surface area contributed by atoms with Gasteiger partial charge in [0.15, 0.2) is 5.69 Å². The molecule has 1 N–H and O–H groups in total. The molecule has 1 aliphatic heterocycles. The summed E-state index contributed by atoms with van der Waals surface area (Å²) in [6.45, 7) is 6.46. The third-order valence-corrected chi connectivity index (χ3v) is 5.50. The topological polar surface area (TPSA) is 88.9 Å². The molecule has 1 aliphatic rings. The number of hydrogen-bond donors (Lipinski definition) is 1. The van der Waals surface area contributed by atoms with Crippen molar-refractivity contribution in [1.29, 1.82) is 0 Å². The third-order valence-electron chi connectivity index (χ3n) is 5.50. The van der Waals surface area contributed by atoms with E-state index >= 15 is 0 Å². The summed E-state index contributed by atoms with van der Waals surface area (Å²) in [5.41, 5.74) is 4.44. The maximum absolute atomic E-state index is 13.7. The summed E-state index contributed by atoms with van der Waals surface area (Å²) < 4.78 is 6.97. The van der Waals surface area contributed by atoms with Crippen LogP contribution in [0.5, 0.6) is 5.75 Å². The minimum atomic E-state index is -0.244. The number of methoxy groups -OCH3 is 1. The van der Waals surface area contributed by atoms with Gasteiger partial charge in [-0.05, 0) is 43.7 Å². The first-order chi connectivity index (χ1) is 15.0. The summed E-state index contributed by atoms with van der Waals surface area (Å²) in [5.74, 6) is 1.30. The predicted molar refractivity (Wildman–Crippen MR) is 116 cm³/mol. The van der Waals surface area contributed by atoms with Crippen molar-refractivity contribution in [1.82, 2.24) is 29.6 Å². The number of aryl methyl sites for hydroxylation is 1. The fourth-order valence-corrected chi connectivity index (χ4v) is 3.99. The number of hydrogen-bond acceptors (Lipinski definition) is 5. The van der Waals surface area contributed by atoms with E-state index in [4.69, 9.17) is 9.72 Å². The molecule has 3 aromatic heterocycles. The minimum Gasteiger partial charge on any atom is -0.497 e. The first-order valence-corrected chi connectivity index (χ1v) is 10.0. The Bertz CT molecular complexity index is 1290. The molecule has 1 saturated heterocycles. The summed E-state index contributed by atoms with van der Waals surface area (Å²) in [6.07, 6.45) is 4.12. The van der Waals surface area contributed by atoms with E-state index in [9.17, 15) is 4.79 Å². The maximum Gasteiger partial charge on any atom is 0.275 e. The highest BCUT2D eigenvalue weighted by atomic mass is 16.5. The van der Waals surface area contributed by atoms with Crippen molar-refractivity contribution in [2.75, 3.05) is 13.7 Å². The van der Waals surface area contributed by atoms with E-state index in [1.807, 2.05) is 43.3 Å². The van der Waals surface area contributed by atoms with Crippen LogP contribution in [0.4, 0.5) is 0 Å². The molecule has 4 aromatic rings. The molecule has 156 valence electrons. The zero-order valence-corrected chi connectivity index (χ0v) is 17.4. The number of pyridine rings is 1. The quantitative estimate of drug-likeness (QED) is 0.516. The molecule has 0 radical (unpaired) electrons. The van der Waals surface area contributed by atoms with Gasteiger partial charge in [0.2, 0.25) is 0 Å². The number of likely N-dealkylation sites (tertiary alicyclic amines) is 1. The Morgan fingerprint density at radius 3 is 2.90 bits per heavy atom. The van der Waals surface area contributed by atoms with Crippen LogP contribution in [0.15, 0.2) is 60.9 Å². The molecule has 1 amide bonds. The molecule has 0 aliphatic carbocycles. The number of amides is 1. The highest BCUT2D eigenvalue weighted by molar-refractivity contribution is 5.96. The molecule has 4 heterocycles. The van der Waals surface area contributed by atoms with Gasteiger partial charge >= 0.3 is 0 Å².